The molecule has 1 N–H and O–H groups in total. The Morgan fingerprint density at radius 3 is 2.75 bits per heavy atom. The molecule has 0 spiro atoms. The van der Waals surface area contributed by atoms with Gasteiger partial charge in [0.15, 0.2) is 16.6 Å². The number of nitrogens with one attached hydrogen (secondary N) is 1. The zero-order valence-corrected chi connectivity index (χ0v) is 16.6. The molecule has 3 heterocycles. The van der Waals surface area contributed by atoms with Crippen molar-refractivity contribution in [1.82, 2.24) is 19.9 Å². The van der Waals surface area contributed by atoms with Crippen molar-refractivity contribution in [3.63, 3.8) is 0 Å². The third-order valence-electron chi connectivity index (χ3n) is 3.54. The number of rotatable bonds is 6. The summed E-state index contributed by atoms with van der Waals surface area (Å²) in [6.45, 7) is 1.73. The number of carbonyl (C=O) groups is 2. The quantitative estimate of drug-likeness (QED) is 0.454. The molecule has 0 aliphatic carbocycles. The van der Waals surface area contributed by atoms with Crippen molar-refractivity contribution >= 4 is 52.0 Å². The number of pyridine rings is 1. The minimum atomic E-state index is -4.57. The van der Waals surface area contributed by atoms with E-state index >= 15 is 0 Å². The predicted octanol–water partition coefficient (Wildman–Crippen LogP) is 4.07. The van der Waals surface area contributed by atoms with E-state index in [4.69, 9.17) is 11.6 Å². The van der Waals surface area contributed by atoms with Crippen LogP contribution in [0.25, 0.3) is 5.65 Å². The van der Waals surface area contributed by atoms with Crippen LogP contribution in [0.1, 0.15) is 27.0 Å². The molecule has 0 aliphatic heterocycles. The van der Waals surface area contributed by atoms with Crippen LogP contribution in [0.3, 0.4) is 0 Å². The number of alkyl halides is 3. The average molecular weight is 449 g/mol. The first-order chi connectivity index (χ1) is 13.1. The molecule has 6 nitrogen and oxygen atoms in total. The summed E-state index contributed by atoms with van der Waals surface area (Å²) in [7, 11) is 0. The van der Waals surface area contributed by atoms with Crippen molar-refractivity contribution < 1.29 is 22.8 Å². The smallest absolute Gasteiger partial charge is 0.351 e. The van der Waals surface area contributed by atoms with E-state index in [1.807, 2.05) is 0 Å². The molecule has 0 saturated heterocycles. The molecule has 0 aliphatic rings. The molecule has 3 rings (SSSR count). The Balaban J connectivity index is 1.74. The van der Waals surface area contributed by atoms with Gasteiger partial charge in [-0.2, -0.15) is 13.2 Å². The molecule has 148 valence electrons. The van der Waals surface area contributed by atoms with Crippen LogP contribution in [0.4, 0.5) is 13.2 Å². The molecule has 28 heavy (non-hydrogen) atoms. The van der Waals surface area contributed by atoms with Crippen molar-refractivity contribution in [3.05, 3.63) is 44.7 Å². The van der Waals surface area contributed by atoms with Crippen LogP contribution in [-0.4, -0.2) is 32.0 Å². The molecule has 0 radical (unpaired) electrons. The van der Waals surface area contributed by atoms with Crippen LogP contribution in [0.15, 0.2) is 29.6 Å². The van der Waals surface area contributed by atoms with E-state index < -0.39 is 11.7 Å². The zero-order chi connectivity index (χ0) is 20.5. The summed E-state index contributed by atoms with van der Waals surface area (Å²) < 4.78 is 40.1. The van der Waals surface area contributed by atoms with Gasteiger partial charge in [-0.25, -0.2) is 0 Å². The lowest BCUT2D eigenvalue weighted by Crippen LogP contribution is -2.18. The topological polar surface area (TPSA) is 76.4 Å². The van der Waals surface area contributed by atoms with Crippen LogP contribution < -0.4 is 5.32 Å². The van der Waals surface area contributed by atoms with Gasteiger partial charge in [0.05, 0.1) is 27.8 Å². The number of halogens is 4. The molecule has 3 aromatic rings. The number of aromatic nitrogens is 3. The number of hydrogen-bond acceptors (Lipinski definition) is 6. The molecule has 12 heteroatoms. The van der Waals surface area contributed by atoms with Gasteiger partial charge in [0.1, 0.15) is 0 Å². The van der Waals surface area contributed by atoms with E-state index in [1.54, 1.807) is 12.1 Å². The number of hydrogen-bond donors (Lipinski definition) is 1. The highest BCUT2D eigenvalue weighted by Gasteiger charge is 2.32. The van der Waals surface area contributed by atoms with Crippen molar-refractivity contribution in [3.8, 4) is 0 Å². The fourth-order valence-corrected chi connectivity index (χ4v) is 4.24. The van der Waals surface area contributed by atoms with Gasteiger partial charge in [-0.05, 0) is 18.2 Å². The molecule has 0 atom stereocenters. The van der Waals surface area contributed by atoms with Gasteiger partial charge in [0.2, 0.25) is 5.91 Å². The van der Waals surface area contributed by atoms with Crippen LogP contribution in [-0.2, 0) is 17.5 Å². The molecule has 0 saturated carbocycles. The summed E-state index contributed by atoms with van der Waals surface area (Å²) in [6.07, 6.45) is -3.72. The summed E-state index contributed by atoms with van der Waals surface area (Å²) in [5.41, 5.74) is -0.850. The van der Waals surface area contributed by atoms with Gasteiger partial charge < -0.3 is 5.32 Å². The number of amides is 1. The van der Waals surface area contributed by atoms with E-state index in [9.17, 15) is 22.8 Å². The lowest BCUT2D eigenvalue weighted by Gasteiger charge is -2.08. The highest BCUT2D eigenvalue weighted by molar-refractivity contribution is 7.99. The van der Waals surface area contributed by atoms with Crippen molar-refractivity contribution in [2.45, 2.75) is 24.8 Å². The second kappa shape index (κ2) is 8.10. The summed E-state index contributed by atoms with van der Waals surface area (Å²) in [5, 5.41) is 10.2. The first-order valence-electron chi connectivity index (χ1n) is 7.76. The molecular formula is C16H12ClF3N4O2S2. The van der Waals surface area contributed by atoms with Crippen LogP contribution in [0, 0.1) is 0 Å². The highest BCUT2D eigenvalue weighted by Crippen LogP contribution is 2.33. The van der Waals surface area contributed by atoms with Gasteiger partial charge in [-0.3, -0.25) is 14.0 Å². The Morgan fingerprint density at radius 2 is 2.07 bits per heavy atom. The number of carbonyl (C=O) groups excluding carboxylic acids is 2. The number of thiophene rings is 1. The van der Waals surface area contributed by atoms with Crippen molar-refractivity contribution in [1.29, 1.82) is 0 Å². The summed E-state index contributed by atoms with van der Waals surface area (Å²) in [6, 6.07) is 4.17. The van der Waals surface area contributed by atoms with Crippen molar-refractivity contribution in [2.24, 2.45) is 0 Å². The first kappa shape index (κ1) is 20.6. The van der Waals surface area contributed by atoms with Crippen LogP contribution in [0.5, 0.6) is 0 Å². The van der Waals surface area contributed by atoms with E-state index in [1.165, 1.54) is 18.3 Å². The number of thioether (sulfide) groups is 1. The van der Waals surface area contributed by atoms with Gasteiger partial charge in [0.25, 0.3) is 0 Å². The van der Waals surface area contributed by atoms with E-state index in [0.717, 1.165) is 33.3 Å². The van der Waals surface area contributed by atoms with E-state index in [-0.39, 0.29) is 33.3 Å². The maximum absolute atomic E-state index is 13.0. The number of Topliss-reactive ketones (excluding diaryl/α,β-unsaturated/α-hetero) is 1. The lowest BCUT2D eigenvalue weighted by atomic mass is 10.3. The maximum Gasteiger partial charge on any atom is 0.417 e. The van der Waals surface area contributed by atoms with E-state index in [2.05, 4.69) is 15.5 Å². The monoisotopic (exact) mass is 448 g/mol. The Kier molecular flexibility index (Phi) is 5.96. The van der Waals surface area contributed by atoms with Crippen LogP contribution in [0.2, 0.25) is 5.02 Å². The Morgan fingerprint density at radius 1 is 1.32 bits per heavy atom. The zero-order valence-electron chi connectivity index (χ0n) is 14.2. The summed E-state index contributed by atoms with van der Waals surface area (Å²) >= 11 is 8.07. The molecule has 0 bridgehead atoms. The SMILES string of the molecule is CC(=O)NCc1ccc(C(=O)CSc2nnc3c(Cl)cc(C(F)(F)F)cn23)s1. The van der Waals surface area contributed by atoms with E-state index in [0.29, 0.717) is 11.4 Å². The first-order valence-corrected chi connectivity index (χ1v) is 9.94. The fraction of sp³-hybridized carbons (Fsp3) is 0.250. The summed E-state index contributed by atoms with van der Waals surface area (Å²) in [4.78, 5) is 24.6. The molecular weight excluding hydrogens is 437 g/mol. The predicted molar refractivity (Wildman–Crippen MR) is 99.9 cm³/mol. The van der Waals surface area contributed by atoms with Crippen molar-refractivity contribution in [2.75, 3.05) is 5.75 Å². The van der Waals surface area contributed by atoms with Gasteiger partial charge in [-0.1, -0.05) is 23.4 Å². The summed E-state index contributed by atoms with van der Waals surface area (Å²) in [5.74, 6) is -0.416. The Bertz CT molecular complexity index is 1050. The average Bonchev–Trinajstić information content (AvgIpc) is 3.24. The van der Waals surface area contributed by atoms with Gasteiger partial charge in [-0.15, -0.1) is 21.5 Å². The number of fused-ring (bicyclic) bond motifs is 1. The number of ketones is 1. The minimum Gasteiger partial charge on any atom is -0.351 e. The molecule has 0 unspecified atom stereocenters. The molecule has 0 fully saturated rings. The fourth-order valence-electron chi connectivity index (χ4n) is 2.22. The third kappa shape index (κ3) is 4.65. The normalized spacial score (nSPS) is 11.8. The van der Waals surface area contributed by atoms with Gasteiger partial charge >= 0.3 is 6.18 Å². The number of nitrogens with zero attached hydrogens (tertiary/aromatic N) is 3. The second-order valence-corrected chi connectivity index (χ2v) is 8.16. The highest BCUT2D eigenvalue weighted by atomic mass is 35.5. The lowest BCUT2D eigenvalue weighted by molar-refractivity contribution is -0.137. The maximum atomic E-state index is 13.0. The van der Waals surface area contributed by atoms with Gasteiger partial charge in [0, 0.05) is 18.0 Å². The Hall–Kier alpha value is -2.11. The molecule has 0 aromatic carbocycles. The standard InChI is InChI=1S/C16H12ClF3N4O2S2/c1-8(25)21-5-10-2-3-13(28-10)12(26)7-27-15-23-22-14-11(17)4-9(6-24(14)15)16(18,19)20/h2-4,6H,5,7H2,1H3,(H,21,25). The molecule has 1 amide bonds. The minimum absolute atomic E-state index is 0.0330. The molecule has 3 aromatic heterocycles. The Labute approximate surface area is 170 Å². The second-order valence-electron chi connectivity index (χ2n) is 5.64. The third-order valence-corrected chi connectivity index (χ3v) is 5.88. The van der Waals surface area contributed by atoms with Crippen LogP contribution >= 0.6 is 34.7 Å². The largest absolute Gasteiger partial charge is 0.417 e.